The number of hydrogen-bond donors (Lipinski definition) is 2. The van der Waals surface area contributed by atoms with Crippen LogP contribution >= 0.6 is 0 Å². The van der Waals surface area contributed by atoms with Crippen molar-refractivity contribution in [2.75, 3.05) is 36.4 Å². The summed E-state index contributed by atoms with van der Waals surface area (Å²) in [5.74, 6) is -0.242. The van der Waals surface area contributed by atoms with Gasteiger partial charge in [0.05, 0.1) is 15.7 Å². The topological polar surface area (TPSA) is 98.7 Å². The first-order valence-electron chi connectivity index (χ1n) is 14.9. The Morgan fingerprint density at radius 3 is 2.38 bits per heavy atom. The lowest BCUT2D eigenvalue weighted by Gasteiger charge is -2.52. The first-order valence-corrected chi connectivity index (χ1v) is 16.4. The standard InChI is InChI=1S/C30H42F3N5O3S/c1-20(2)37-14-10-29(11-15-37)17-23(18-29)42(40,41)22-6-7-25(21(3)16-22)35-27-34-19-24(30(31,32)33)26(36-27)38-12-5-8-28(4,39)9-13-38/h6-7,16,19-20,23,39H,5,8-15,17-18H2,1-4H3,(H,34,35,36). The molecule has 1 aromatic heterocycles. The van der Waals surface area contributed by atoms with Gasteiger partial charge >= 0.3 is 6.18 Å². The van der Waals surface area contributed by atoms with Crippen molar-refractivity contribution in [3.63, 3.8) is 0 Å². The van der Waals surface area contributed by atoms with Gasteiger partial charge in [-0.2, -0.15) is 18.2 Å². The number of nitrogens with one attached hydrogen (secondary N) is 1. The number of benzene rings is 1. The molecule has 0 amide bonds. The molecule has 1 saturated carbocycles. The van der Waals surface area contributed by atoms with E-state index < -0.39 is 32.4 Å². The molecule has 2 aliphatic heterocycles. The van der Waals surface area contributed by atoms with E-state index in [-0.39, 0.29) is 28.6 Å². The number of rotatable bonds is 6. The highest BCUT2D eigenvalue weighted by atomic mass is 32.2. The van der Waals surface area contributed by atoms with E-state index in [0.717, 1.165) is 32.1 Å². The molecular weight excluding hydrogens is 567 g/mol. The summed E-state index contributed by atoms with van der Waals surface area (Å²) >= 11 is 0. The van der Waals surface area contributed by atoms with Gasteiger partial charge in [-0.25, -0.2) is 13.4 Å². The van der Waals surface area contributed by atoms with Gasteiger partial charge in [0.2, 0.25) is 5.95 Å². The molecule has 1 atom stereocenters. The van der Waals surface area contributed by atoms with Crippen LogP contribution < -0.4 is 10.2 Å². The second kappa shape index (κ2) is 11.2. The van der Waals surface area contributed by atoms with Gasteiger partial charge in [-0.15, -0.1) is 0 Å². The number of nitrogens with zero attached hydrogens (tertiary/aromatic N) is 4. The largest absolute Gasteiger partial charge is 0.421 e. The Bertz CT molecular complexity index is 1400. The van der Waals surface area contributed by atoms with Crippen molar-refractivity contribution in [1.29, 1.82) is 0 Å². The van der Waals surface area contributed by atoms with Gasteiger partial charge in [-0.1, -0.05) is 0 Å². The lowest BCUT2D eigenvalue weighted by molar-refractivity contribution is -0.137. The average molecular weight is 610 g/mol. The Balaban J connectivity index is 1.31. The Hall–Kier alpha value is -2.44. The van der Waals surface area contributed by atoms with Crippen LogP contribution in [0.25, 0.3) is 0 Å². The summed E-state index contributed by atoms with van der Waals surface area (Å²) in [7, 11) is -3.50. The normalized spacial score (nSPS) is 24.1. The minimum Gasteiger partial charge on any atom is -0.390 e. The molecule has 2 saturated heterocycles. The van der Waals surface area contributed by atoms with Gasteiger partial charge in [0.15, 0.2) is 9.84 Å². The zero-order valence-electron chi connectivity index (χ0n) is 24.8. The maximum absolute atomic E-state index is 13.9. The van der Waals surface area contributed by atoms with Crippen LogP contribution in [0.2, 0.25) is 0 Å². The van der Waals surface area contributed by atoms with Crippen LogP contribution in [0.5, 0.6) is 0 Å². The molecular formula is C30H42F3N5O3S. The summed E-state index contributed by atoms with van der Waals surface area (Å²) in [6, 6.07) is 5.30. The predicted octanol–water partition coefficient (Wildman–Crippen LogP) is 5.72. The molecule has 8 nitrogen and oxygen atoms in total. The van der Waals surface area contributed by atoms with E-state index in [1.165, 1.54) is 0 Å². The van der Waals surface area contributed by atoms with E-state index in [4.69, 9.17) is 0 Å². The number of alkyl halides is 3. The fourth-order valence-electron chi connectivity index (χ4n) is 6.66. The van der Waals surface area contributed by atoms with E-state index in [2.05, 4.69) is 34.0 Å². The first-order chi connectivity index (χ1) is 19.6. The van der Waals surface area contributed by atoms with Gasteiger partial charge in [0, 0.05) is 31.0 Å². The number of anilines is 3. The highest BCUT2D eigenvalue weighted by Gasteiger charge is 2.51. The number of aromatic nitrogens is 2. The predicted molar refractivity (Wildman–Crippen MR) is 157 cm³/mol. The average Bonchev–Trinajstić information content (AvgIpc) is 3.08. The summed E-state index contributed by atoms with van der Waals surface area (Å²) in [6.45, 7) is 10.4. The summed E-state index contributed by atoms with van der Waals surface area (Å²) in [6.07, 6.45) is 0.933. The summed E-state index contributed by atoms with van der Waals surface area (Å²) in [4.78, 5) is 12.5. The van der Waals surface area contributed by atoms with Crippen molar-refractivity contribution >= 4 is 27.3 Å². The van der Waals surface area contributed by atoms with Crippen LogP contribution in [0.4, 0.5) is 30.6 Å². The summed E-state index contributed by atoms with van der Waals surface area (Å²) in [5, 5.41) is 13.0. The van der Waals surface area contributed by atoms with Gasteiger partial charge in [-0.05, 0) is 115 Å². The fraction of sp³-hybridized carbons (Fsp3) is 0.667. The smallest absolute Gasteiger partial charge is 0.390 e. The molecule has 5 rings (SSSR count). The molecule has 3 aliphatic rings. The van der Waals surface area contributed by atoms with E-state index in [9.17, 15) is 26.7 Å². The number of hydrogen-bond acceptors (Lipinski definition) is 8. The third-order valence-electron chi connectivity index (χ3n) is 9.56. The molecule has 0 bridgehead atoms. The number of sulfone groups is 1. The first kappa shape index (κ1) is 31.0. The van der Waals surface area contributed by atoms with Crippen LogP contribution in [0.1, 0.15) is 76.8 Å². The number of aryl methyl sites for hydroxylation is 1. The van der Waals surface area contributed by atoms with E-state index >= 15 is 0 Å². The summed E-state index contributed by atoms with van der Waals surface area (Å²) in [5.41, 5.74) is -0.594. The van der Waals surface area contributed by atoms with Crippen LogP contribution in [0.3, 0.4) is 0 Å². The van der Waals surface area contributed by atoms with Crippen LogP contribution in [-0.4, -0.2) is 71.5 Å². The Kier molecular flexibility index (Phi) is 8.30. The minimum absolute atomic E-state index is 0.0126. The zero-order chi connectivity index (χ0) is 30.5. The van der Waals surface area contributed by atoms with Crippen molar-refractivity contribution in [1.82, 2.24) is 14.9 Å². The molecule has 1 spiro atoms. The lowest BCUT2D eigenvalue weighted by atomic mass is 9.63. The molecule has 2 aromatic rings. The van der Waals surface area contributed by atoms with Crippen molar-refractivity contribution < 1.29 is 26.7 Å². The third-order valence-corrected chi connectivity index (χ3v) is 11.7. The molecule has 0 radical (unpaired) electrons. The highest BCUT2D eigenvalue weighted by Crippen LogP contribution is 2.53. The van der Waals surface area contributed by atoms with Gasteiger partial charge in [0.1, 0.15) is 11.4 Å². The second-order valence-electron chi connectivity index (χ2n) is 13.1. The van der Waals surface area contributed by atoms with Crippen molar-refractivity contribution in [2.45, 2.75) is 101 Å². The van der Waals surface area contributed by atoms with Crippen molar-refractivity contribution in [3.8, 4) is 0 Å². The number of likely N-dealkylation sites (tertiary alicyclic amines) is 1. The molecule has 42 heavy (non-hydrogen) atoms. The lowest BCUT2D eigenvalue weighted by Crippen LogP contribution is -2.52. The second-order valence-corrected chi connectivity index (χ2v) is 15.3. The molecule has 3 heterocycles. The Morgan fingerprint density at radius 1 is 1.07 bits per heavy atom. The van der Waals surface area contributed by atoms with Gasteiger partial charge in [-0.3, -0.25) is 0 Å². The van der Waals surface area contributed by atoms with Crippen LogP contribution in [0.15, 0.2) is 29.3 Å². The van der Waals surface area contributed by atoms with E-state index in [1.807, 2.05) is 0 Å². The van der Waals surface area contributed by atoms with E-state index in [1.54, 1.807) is 36.9 Å². The minimum atomic E-state index is -4.64. The molecule has 2 N–H and O–H groups in total. The highest BCUT2D eigenvalue weighted by molar-refractivity contribution is 7.92. The molecule has 12 heteroatoms. The maximum atomic E-state index is 13.9. The molecule has 1 unspecified atom stereocenters. The number of piperidine rings is 1. The zero-order valence-corrected chi connectivity index (χ0v) is 25.7. The van der Waals surface area contributed by atoms with Crippen LogP contribution in [-0.2, 0) is 16.0 Å². The van der Waals surface area contributed by atoms with Gasteiger partial charge < -0.3 is 20.2 Å². The van der Waals surface area contributed by atoms with Gasteiger partial charge in [0.25, 0.3) is 0 Å². The Morgan fingerprint density at radius 2 is 1.76 bits per heavy atom. The summed E-state index contributed by atoms with van der Waals surface area (Å²) < 4.78 is 68.5. The SMILES string of the molecule is Cc1cc(S(=O)(=O)C2CC3(CCN(C(C)C)CC3)C2)ccc1Nc1ncc(C(F)(F)F)c(N2CCCC(C)(O)CC2)n1. The van der Waals surface area contributed by atoms with E-state index in [0.29, 0.717) is 55.9 Å². The molecule has 1 aliphatic carbocycles. The maximum Gasteiger partial charge on any atom is 0.421 e. The van der Waals surface area contributed by atoms with Crippen molar-refractivity contribution in [3.05, 3.63) is 35.5 Å². The number of aliphatic hydroxyl groups is 1. The molecule has 232 valence electrons. The monoisotopic (exact) mass is 609 g/mol. The quantitative estimate of drug-likeness (QED) is 0.430. The van der Waals surface area contributed by atoms with Crippen LogP contribution in [0, 0.1) is 12.3 Å². The molecule has 1 aromatic carbocycles. The Labute approximate surface area is 246 Å². The number of halogens is 3. The third kappa shape index (κ3) is 6.40. The molecule has 3 fully saturated rings. The fourth-order valence-corrected chi connectivity index (χ4v) is 8.79. The van der Waals surface area contributed by atoms with Crippen molar-refractivity contribution in [2.24, 2.45) is 5.41 Å².